The first-order valence-corrected chi connectivity index (χ1v) is 9.38. The van der Waals surface area contributed by atoms with E-state index in [0.717, 1.165) is 38.9 Å². The number of para-hydroxylation sites is 1. The maximum Gasteiger partial charge on any atom is 0.422 e. The van der Waals surface area contributed by atoms with Gasteiger partial charge in [-0.3, -0.25) is 4.99 Å². The molecule has 0 bridgehead atoms. The average Bonchev–Trinajstić information content (AvgIpc) is 2.65. The van der Waals surface area contributed by atoms with Crippen LogP contribution in [0.15, 0.2) is 29.3 Å². The topological polar surface area (TPSA) is 48.9 Å². The molecule has 1 aliphatic heterocycles. The number of nitrogens with one attached hydrogen (secondary N) is 2. The largest absolute Gasteiger partial charge is 0.484 e. The molecule has 0 amide bonds. The first-order valence-electron chi connectivity index (χ1n) is 9.38. The number of guanidine groups is 1. The van der Waals surface area contributed by atoms with E-state index in [4.69, 9.17) is 4.74 Å². The molecule has 8 heteroatoms. The molecule has 1 aromatic rings. The maximum absolute atomic E-state index is 12.4. The molecule has 2 N–H and O–H groups in total. The summed E-state index contributed by atoms with van der Waals surface area (Å²) in [5.74, 6) is 0.875. The van der Waals surface area contributed by atoms with Crippen molar-refractivity contribution < 1.29 is 17.9 Å². The number of aliphatic imine (C=N–C) groups is 1. The van der Waals surface area contributed by atoms with Crippen molar-refractivity contribution >= 4 is 5.96 Å². The summed E-state index contributed by atoms with van der Waals surface area (Å²) in [4.78, 5) is 6.69. The lowest BCUT2D eigenvalue weighted by molar-refractivity contribution is -0.153. The highest BCUT2D eigenvalue weighted by atomic mass is 19.4. The van der Waals surface area contributed by atoms with E-state index in [9.17, 15) is 13.2 Å². The predicted molar refractivity (Wildman–Crippen MR) is 101 cm³/mol. The van der Waals surface area contributed by atoms with E-state index in [0.29, 0.717) is 24.1 Å². The summed E-state index contributed by atoms with van der Waals surface area (Å²) in [6.07, 6.45) is -1.10. The second kappa shape index (κ2) is 10.4. The third kappa shape index (κ3) is 7.66. The van der Waals surface area contributed by atoms with Crippen molar-refractivity contribution in [2.75, 3.05) is 33.3 Å². The lowest BCUT2D eigenvalue weighted by atomic mass is 10.1. The monoisotopic (exact) mass is 386 g/mol. The second-order valence-electron chi connectivity index (χ2n) is 6.70. The summed E-state index contributed by atoms with van der Waals surface area (Å²) >= 11 is 0. The minimum absolute atomic E-state index is 0.227. The van der Waals surface area contributed by atoms with Gasteiger partial charge in [0, 0.05) is 38.3 Å². The number of likely N-dealkylation sites (tertiary alicyclic amines) is 1. The third-order valence-electron chi connectivity index (χ3n) is 4.50. The Morgan fingerprint density at radius 2 is 1.96 bits per heavy atom. The van der Waals surface area contributed by atoms with E-state index in [1.54, 1.807) is 31.3 Å². The Morgan fingerprint density at radius 3 is 2.59 bits per heavy atom. The van der Waals surface area contributed by atoms with Gasteiger partial charge >= 0.3 is 6.18 Å². The average molecular weight is 386 g/mol. The van der Waals surface area contributed by atoms with E-state index < -0.39 is 12.8 Å². The van der Waals surface area contributed by atoms with Crippen molar-refractivity contribution in [3.8, 4) is 5.75 Å². The predicted octanol–water partition coefficient (Wildman–Crippen LogP) is 3.17. The highest BCUT2D eigenvalue weighted by molar-refractivity contribution is 5.80. The number of halogens is 3. The first-order chi connectivity index (χ1) is 12.9. The van der Waals surface area contributed by atoms with Crippen LogP contribution in [0.1, 0.15) is 31.7 Å². The van der Waals surface area contributed by atoms with E-state index >= 15 is 0 Å². The standard InChI is InChI=1S/C19H29F3N4O/c1-3-10-26-11-8-16(9-12-26)25-18(23-2)24-13-15-6-4-5-7-17(15)27-14-19(20,21)22/h4-7,16H,3,8-14H2,1-2H3,(H2,23,24,25). The zero-order chi connectivity index (χ0) is 19.7. The molecule has 1 heterocycles. The van der Waals surface area contributed by atoms with Crippen molar-refractivity contribution in [3.63, 3.8) is 0 Å². The van der Waals surface area contributed by atoms with Crippen LogP contribution in [0.25, 0.3) is 0 Å². The lowest BCUT2D eigenvalue weighted by Crippen LogP contribution is -2.48. The highest BCUT2D eigenvalue weighted by Gasteiger charge is 2.28. The van der Waals surface area contributed by atoms with Crippen LogP contribution in [0.4, 0.5) is 13.2 Å². The lowest BCUT2D eigenvalue weighted by Gasteiger charge is -2.32. The van der Waals surface area contributed by atoms with Crippen molar-refractivity contribution in [1.29, 1.82) is 0 Å². The number of rotatable bonds is 7. The highest BCUT2D eigenvalue weighted by Crippen LogP contribution is 2.22. The smallest absolute Gasteiger partial charge is 0.422 e. The van der Waals surface area contributed by atoms with Gasteiger partial charge in [-0.2, -0.15) is 13.2 Å². The van der Waals surface area contributed by atoms with Crippen molar-refractivity contribution in [3.05, 3.63) is 29.8 Å². The summed E-state index contributed by atoms with van der Waals surface area (Å²) in [5.41, 5.74) is 0.655. The van der Waals surface area contributed by atoms with Gasteiger partial charge in [0.1, 0.15) is 5.75 Å². The number of alkyl halides is 3. The van der Waals surface area contributed by atoms with Crippen molar-refractivity contribution in [1.82, 2.24) is 15.5 Å². The molecule has 27 heavy (non-hydrogen) atoms. The molecule has 0 unspecified atom stereocenters. The van der Waals surface area contributed by atoms with Crippen molar-refractivity contribution in [2.45, 2.75) is 44.9 Å². The first kappa shape index (κ1) is 21.3. The summed E-state index contributed by atoms with van der Waals surface area (Å²) in [6, 6.07) is 7.07. The maximum atomic E-state index is 12.4. The molecule has 1 saturated heterocycles. The summed E-state index contributed by atoms with van der Waals surface area (Å²) in [7, 11) is 1.69. The van der Waals surface area contributed by atoms with Gasteiger partial charge in [0.15, 0.2) is 12.6 Å². The number of hydrogen-bond donors (Lipinski definition) is 2. The number of benzene rings is 1. The van der Waals surface area contributed by atoms with Gasteiger partial charge in [-0.1, -0.05) is 25.1 Å². The molecular weight excluding hydrogens is 357 g/mol. The fraction of sp³-hybridized carbons (Fsp3) is 0.632. The molecule has 152 valence electrons. The number of nitrogens with zero attached hydrogens (tertiary/aromatic N) is 2. The Labute approximate surface area is 159 Å². The van der Waals surface area contributed by atoms with Gasteiger partial charge in [-0.25, -0.2) is 0 Å². The quantitative estimate of drug-likeness (QED) is 0.558. The van der Waals surface area contributed by atoms with Crippen LogP contribution in [0.2, 0.25) is 0 Å². The van der Waals surface area contributed by atoms with Crippen molar-refractivity contribution in [2.24, 2.45) is 4.99 Å². The van der Waals surface area contributed by atoms with Crippen LogP contribution < -0.4 is 15.4 Å². The van der Waals surface area contributed by atoms with E-state index in [1.165, 1.54) is 0 Å². The van der Waals surface area contributed by atoms with Crippen LogP contribution in [0.5, 0.6) is 5.75 Å². The van der Waals surface area contributed by atoms with Crippen LogP contribution in [-0.4, -0.2) is 56.4 Å². The minimum atomic E-state index is -4.36. The Hall–Kier alpha value is -1.96. The Kier molecular flexibility index (Phi) is 8.22. The minimum Gasteiger partial charge on any atom is -0.484 e. The summed E-state index contributed by atoms with van der Waals surface area (Å²) < 4.78 is 42.1. The molecule has 1 aliphatic rings. The molecule has 0 aromatic heterocycles. The van der Waals surface area contributed by atoms with Gasteiger partial charge in [0.05, 0.1) is 0 Å². The molecule has 2 rings (SSSR count). The second-order valence-corrected chi connectivity index (χ2v) is 6.70. The zero-order valence-electron chi connectivity index (χ0n) is 16.0. The summed E-state index contributed by atoms with van der Waals surface area (Å²) in [6.45, 7) is 4.49. The zero-order valence-corrected chi connectivity index (χ0v) is 16.0. The fourth-order valence-electron chi connectivity index (χ4n) is 3.13. The molecule has 1 aromatic carbocycles. The number of hydrogen-bond acceptors (Lipinski definition) is 3. The van der Waals surface area contributed by atoms with Gasteiger partial charge in [0.2, 0.25) is 0 Å². The fourth-order valence-corrected chi connectivity index (χ4v) is 3.13. The molecular formula is C19H29F3N4O. The molecule has 0 spiro atoms. The normalized spacial score (nSPS) is 17.0. The van der Waals surface area contributed by atoms with Crippen LogP contribution in [0.3, 0.4) is 0 Å². The number of piperidine rings is 1. The molecule has 0 radical (unpaired) electrons. The van der Waals surface area contributed by atoms with Gasteiger partial charge in [-0.15, -0.1) is 0 Å². The van der Waals surface area contributed by atoms with E-state index in [-0.39, 0.29) is 5.75 Å². The molecule has 5 nitrogen and oxygen atoms in total. The molecule has 1 fully saturated rings. The van der Waals surface area contributed by atoms with Gasteiger partial charge < -0.3 is 20.3 Å². The SMILES string of the molecule is CCCN1CCC(NC(=NC)NCc2ccccc2OCC(F)(F)F)CC1. The van der Waals surface area contributed by atoms with Gasteiger partial charge in [-0.05, 0) is 31.9 Å². The Morgan fingerprint density at radius 1 is 1.26 bits per heavy atom. The molecule has 0 atom stereocenters. The van der Waals surface area contributed by atoms with E-state index in [2.05, 4.69) is 27.4 Å². The molecule has 0 saturated carbocycles. The van der Waals surface area contributed by atoms with Gasteiger partial charge in [0.25, 0.3) is 0 Å². The van der Waals surface area contributed by atoms with Crippen LogP contribution >= 0.6 is 0 Å². The Balaban J connectivity index is 1.84. The third-order valence-corrected chi connectivity index (χ3v) is 4.50. The number of ether oxygens (including phenoxy) is 1. The van der Waals surface area contributed by atoms with Crippen LogP contribution in [-0.2, 0) is 6.54 Å². The Bertz CT molecular complexity index is 599. The molecule has 0 aliphatic carbocycles. The van der Waals surface area contributed by atoms with Crippen LogP contribution in [0, 0.1) is 0 Å². The summed E-state index contributed by atoms with van der Waals surface area (Å²) in [5, 5.41) is 6.58. The van der Waals surface area contributed by atoms with E-state index in [1.807, 2.05) is 0 Å².